The molecular weight excluding hydrogens is 250 g/mol. The van der Waals surface area contributed by atoms with Crippen molar-refractivity contribution >= 4 is 0 Å². The van der Waals surface area contributed by atoms with Crippen molar-refractivity contribution in [3.63, 3.8) is 0 Å². The van der Waals surface area contributed by atoms with Gasteiger partial charge >= 0.3 is 12.4 Å². The van der Waals surface area contributed by atoms with Crippen LogP contribution in [-0.4, -0.2) is 6.61 Å². The fraction of sp³-hybridized carbons (Fsp3) is 0.400. The van der Waals surface area contributed by atoms with Crippen molar-refractivity contribution in [1.82, 2.24) is 0 Å². The molecule has 1 fully saturated rings. The predicted molar refractivity (Wildman–Crippen MR) is 45.1 cm³/mol. The second kappa shape index (κ2) is 3.63. The maximum atomic E-state index is 12.4. The van der Waals surface area contributed by atoms with Crippen LogP contribution in [0.15, 0.2) is 18.2 Å². The maximum absolute atomic E-state index is 12.4. The molecular formula is C10H6F6O. The number of epoxide rings is 1. The Hall–Kier alpha value is -1.24. The van der Waals surface area contributed by atoms with Gasteiger partial charge in [-0.25, -0.2) is 0 Å². The smallest absolute Gasteiger partial charge is 0.368 e. The Labute approximate surface area is 92.0 Å². The third-order valence-electron chi connectivity index (χ3n) is 2.32. The van der Waals surface area contributed by atoms with Crippen molar-refractivity contribution in [2.24, 2.45) is 0 Å². The average molecular weight is 256 g/mol. The topological polar surface area (TPSA) is 12.5 Å². The molecule has 0 aromatic heterocycles. The van der Waals surface area contributed by atoms with E-state index in [1.165, 1.54) is 0 Å². The van der Waals surface area contributed by atoms with Crippen molar-refractivity contribution in [2.45, 2.75) is 18.5 Å². The fourth-order valence-electron chi connectivity index (χ4n) is 1.41. The van der Waals surface area contributed by atoms with Crippen molar-refractivity contribution in [1.29, 1.82) is 0 Å². The van der Waals surface area contributed by atoms with Gasteiger partial charge in [0.25, 0.3) is 0 Å². The van der Waals surface area contributed by atoms with E-state index in [4.69, 9.17) is 4.74 Å². The molecule has 1 aliphatic heterocycles. The molecule has 0 amide bonds. The van der Waals surface area contributed by atoms with Crippen LogP contribution in [0.3, 0.4) is 0 Å². The van der Waals surface area contributed by atoms with Gasteiger partial charge < -0.3 is 4.74 Å². The monoisotopic (exact) mass is 256 g/mol. The molecule has 1 aromatic rings. The van der Waals surface area contributed by atoms with E-state index in [1.54, 1.807) is 0 Å². The van der Waals surface area contributed by atoms with Crippen LogP contribution in [0.1, 0.15) is 22.8 Å². The molecule has 1 nitrogen and oxygen atoms in total. The van der Waals surface area contributed by atoms with Crippen molar-refractivity contribution < 1.29 is 31.1 Å². The average Bonchev–Trinajstić information content (AvgIpc) is 2.97. The standard InChI is InChI=1S/C10H6F6O/c11-9(12,13)6-1-5(8-4-17-8)2-7(3-6)10(14,15)16/h1-3,8H,4H2/t8-/m1/s1. The van der Waals surface area contributed by atoms with Crippen molar-refractivity contribution in [2.75, 3.05) is 6.61 Å². The Balaban J connectivity index is 2.50. The number of hydrogen-bond donors (Lipinski definition) is 0. The zero-order valence-electron chi connectivity index (χ0n) is 8.19. The number of benzene rings is 1. The summed E-state index contributed by atoms with van der Waals surface area (Å²) < 4.78 is 79.2. The molecule has 1 atom stereocenters. The number of rotatable bonds is 1. The summed E-state index contributed by atoms with van der Waals surface area (Å²) in [5, 5.41) is 0. The zero-order valence-corrected chi connectivity index (χ0v) is 8.19. The molecule has 0 aliphatic carbocycles. The largest absolute Gasteiger partial charge is 0.416 e. The number of hydrogen-bond acceptors (Lipinski definition) is 1. The highest BCUT2D eigenvalue weighted by molar-refractivity contribution is 5.35. The molecule has 0 spiro atoms. The van der Waals surface area contributed by atoms with Crippen LogP contribution in [0.25, 0.3) is 0 Å². The molecule has 94 valence electrons. The van der Waals surface area contributed by atoms with E-state index in [0.29, 0.717) is 12.1 Å². The van der Waals surface area contributed by atoms with Crippen LogP contribution in [0, 0.1) is 0 Å². The van der Waals surface area contributed by atoms with Gasteiger partial charge in [-0.05, 0) is 23.8 Å². The van der Waals surface area contributed by atoms with E-state index in [9.17, 15) is 26.3 Å². The lowest BCUT2D eigenvalue weighted by atomic mass is 10.0. The summed E-state index contributed by atoms with van der Waals surface area (Å²) in [6, 6.07) is 1.48. The van der Waals surface area contributed by atoms with Crippen LogP contribution < -0.4 is 0 Å². The Kier molecular flexibility index (Phi) is 2.61. The van der Waals surface area contributed by atoms with Crippen LogP contribution in [0.5, 0.6) is 0 Å². The summed E-state index contributed by atoms with van der Waals surface area (Å²) in [5.74, 6) is 0. The van der Waals surface area contributed by atoms with Gasteiger partial charge in [0.15, 0.2) is 0 Å². The molecule has 1 aliphatic rings. The highest BCUT2D eigenvalue weighted by Gasteiger charge is 2.38. The summed E-state index contributed by atoms with van der Waals surface area (Å²) in [6.07, 6.45) is -10.3. The minimum absolute atomic E-state index is 0.0906. The van der Waals surface area contributed by atoms with Crippen molar-refractivity contribution in [3.05, 3.63) is 34.9 Å². The van der Waals surface area contributed by atoms with E-state index in [1.807, 2.05) is 0 Å². The quantitative estimate of drug-likeness (QED) is 0.550. The molecule has 1 aromatic carbocycles. The summed E-state index contributed by atoms with van der Waals surface area (Å²) in [4.78, 5) is 0. The third-order valence-corrected chi connectivity index (χ3v) is 2.32. The molecule has 17 heavy (non-hydrogen) atoms. The van der Waals surface area contributed by atoms with Gasteiger partial charge in [-0.3, -0.25) is 0 Å². The molecule has 0 saturated carbocycles. The molecule has 0 N–H and O–H groups in total. The van der Waals surface area contributed by atoms with Crippen molar-refractivity contribution in [3.8, 4) is 0 Å². The highest BCUT2D eigenvalue weighted by atomic mass is 19.4. The van der Waals surface area contributed by atoms with E-state index in [0.717, 1.165) is 0 Å². The molecule has 0 bridgehead atoms. The van der Waals surface area contributed by atoms with E-state index < -0.39 is 29.6 Å². The number of ether oxygens (including phenoxy) is 1. The Morgan fingerprint density at radius 2 is 1.29 bits per heavy atom. The summed E-state index contributed by atoms with van der Waals surface area (Å²) in [6.45, 7) is 0.151. The second-order valence-electron chi connectivity index (χ2n) is 3.66. The van der Waals surface area contributed by atoms with E-state index >= 15 is 0 Å². The lowest BCUT2D eigenvalue weighted by Gasteiger charge is -2.13. The van der Waals surface area contributed by atoms with Gasteiger partial charge in [-0.2, -0.15) is 26.3 Å². The Bertz CT molecular complexity index is 397. The first kappa shape index (κ1) is 12.2. The first-order valence-electron chi connectivity index (χ1n) is 4.59. The maximum Gasteiger partial charge on any atom is 0.416 e. The summed E-state index contributed by atoms with van der Waals surface area (Å²) in [7, 11) is 0. The zero-order chi connectivity index (χ0) is 12.8. The van der Waals surface area contributed by atoms with Crippen LogP contribution in [-0.2, 0) is 17.1 Å². The first-order chi connectivity index (χ1) is 7.68. The van der Waals surface area contributed by atoms with Crippen LogP contribution >= 0.6 is 0 Å². The van der Waals surface area contributed by atoms with Crippen LogP contribution in [0.2, 0.25) is 0 Å². The van der Waals surface area contributed by atoms with Gasteiger partial charge in [0.05, 0.1) is 17.7 Å². The Morgan fingerprint density at radius 1 is 0.882 bits per heavy atom. The highest BCUT2D eigenvalue weighted by Crippen LogP contribution is 2.40. The van der Waals surface area contributed by atoms with Gasteiger partial charge in [-0.15, -0.1) is 0 Å². The van der Waals surface area contributed by atoms with Gasteiger partial charge in [0.1, 0.15) is 6.10 Å². The van der Waals surface area contributed by atoms with Gasteiger partial charge in [-0.1, -0.05) is 0 Å². The lowest BCUT2D eigenvalue weighted by Crippen LogP contribution is -2.11. The van der Waals surface area contributed by atoms with Gasteiger partial charge in [0, 0.05) is 0 Å². The normalized spacial score (nSPS) is 20.5. The van der Waals surface area contributed by atoms with Crippen LogP contribution in [0.4, 0.5) is 26.3 Å². The fourth-order valence-corrected chi connectivity index (χ4v) is 1.41. The third kappa shape index (κ3) is 2.71. The Morgan fingerprint density at radius 3 is 1.59 bits per heavy atom. The second-order valence-corrected chi connectivity index (χ2v) is 3.66. The number of halogens is 6. The molecule has 1 heterocycles. The SMILES string of the molecule is FC(F)(F)c1cc([C@H]2CO2)cc(C(F)(F)F)c1. The summed E-state index contributed by atoms with van der Waals surface area (Å²) in [5.41, 5.74) is -2.71. The summed E-state index contributed by atoms with van der Waals surface area (Å²) >= 11 is 0. The minimum atomic E-state index is -4.80. The predicted octanol–water partition coefficient (Wildman–Crippen LogP) is 3.80. The molecule has 2 rings (SSSR count). The first-order valence-corrected chi connectivity index (χ1v) is 4.59. The number of alkyl halides is 6. The van der Waals surface area contributed by atoms with E-state index in [2.05, 4.69) is 0 Å². The molecule has 0 unspecified atom stereocenters. The lowest BCUT2D eigenvalue weighted by molar-refractivity contribution is -0.143. The molecule has 1 saturated heterocycles. The van der Waals surface area contributed by atoms with E-state index in [-0.39, 0.29) is 18.2 Å². The minimum Gasteiger partial charge on any atom is -0.368 e. The van der Waals surface area contributed by atoms with Gasteiger partial charge in [0.2, 0.25) is 0 Å². The molecule has 7 heteroatoms. The molecule has 0 radical (unpaired) electrons.